The van der Waals surface area contributed by atoms with E-state index in [4.69, 9.17) is 5.73 Å². The molecule has 1 saturated heterocycles. The lowest BCUT2D eigenvalue weighted by Gasteiger charge is -2.25. The van der Waals surface area contributed by atoms with Gasteiger partial charge in [-0.2, -0.15) is 0 Å². The second-order valence-electron chi connectivity index (χ2n) is 9.06. The number of likely N-dealkylation sites (N-methyl/N-ethyl adjacent to an activating group) is 1. The lowest BCUT2D eigenvalue weighted by molar-refractivity contribution is 0.0695. The van der Waals surface area contributed by atoms with E-state index in [9.17, 15) is 14.7 Å². The number of carboxylic acid groups (broad SMARTS) is 1. The largest absolute Gasteiger partial charge is 0.477 e. The number of aromatic nitrogens is 1. The molecular weight excluding hydrogens is 375 g/mol. The minimum absolute atomic E-state index is 0.0254. The molecule has 8 heteroatoms. The average molecular weight is 400 g/mol. The molecule has 3 fully saturated rings. The van der Waals surface area contributed by atoms with E-state index in [0.717, 1.165) is 32.2 Å². The van der Waals surface area contributed by atoms with Gasteiger partial charge in [-0.3, -0.25) is 4.79 Å². The van der Waals surface area contributed by atoms with Crippen LogP contribution in [-0.2, 0) is 0 Å². The van der Waals surface area contributed by atoms with Crippen LogP contribution in [0.2, 0.25) is 0 Å². The molecule has 1 atom stereocenters. The van der Waals surface area contributed by atoms with Crippen LogP contribution in [-0.4, -0.2) is 53.8 Å². The third-order valence-electron chi connectivity index (χ3n) is 6.91. The summed E-state index contributed by atoms with van der Waals surface area (Å²) in [6.45, 7) is 1.47. The van der Waals surface area contributed by atoms with Gasteiger partial charge in [-0.15, -0.1) is 0 Å². The number of fused-ring (bicyclic) bond motifs is 1. The summed E-state index contributed by atoms with van der Waals surface area (Å²) in [5, 5.41) is 9.40. The Morgan fingerprint density at radius 1 is 1.34 bits per heavy atom. The smallest absolute Gasteiger partial charge is 0.341 e. The molecule has 5 rings (SSSR count). The number of pyridine rings is 1. The number of nitrogen functional groups attached to an aromatic ring is 1. The van der Waals surface area contributed by atoms with Gasteiger partial charge in [0.25, 0.3) is 0 Å². The Balaban J connectivity index is 1.70. The highest BCUT2D eigenvalue weighted by atomic mass is 19.1. The van der Waals surface area contributed by atoms with Crippen molar-refractivity contribution < 1.29 is 14.3 Å². The molecule has 0 radical (unpaired) electrons. The van der Waals surface area contributed by atoms with Crippen molar-refractivity contribution in [3.05, 3.63) is 33.9 Å². The number of carbonyl (C=O) groups is 1. The quantitative estimate of drug-likeness (QED) is 0.765. The molecule has 1 unspecified atom stereocenters. The van der Waals surface area contributed by atoms with E-state index >= 15 is 4.39 Å². The van der Waals surface area contributed by atoms with Crippen LogP contribution < -0.4 is 16.1 Å². The van der Waals surface area contributed by atoms with E-state index in [-0.39, 0.29) is 28.1 Å². The summed E-state index contributed by atoms with van der Waals surface area (Å²) in [4.78, 5) is 28.6. The number of rotatable bonds is 4. The first kappa shape index (κ1) is 18.4. The fourth-order valence-electron chi connectivity index (χ4n) is 5.03. The van der Waals surface area contributed by atoms with Crippen LogP contribution >= 0.6 is 0 Å². The molecule has 3 aliphatic rings. The predicted octanol–water partition coefficient (Wildman–Crippen LogP) is 2.29. The van der Waals surface area contributed by atoms with Crippen LogP contribution in [0.25, 0.3) is 10.9 Å². The Labute approximate surface area is 167 Å². The summed E-state index contributed by atoms with van der Waals surface area (Å²) in [6, 6.07) is 2.16. The molecule has 2 heterocycles. The van der Waals surface area contributed by atoms with Gasteiger partial charge in [0, 0.05) is 36.8 Å². The second-order valence-corrected chi connectivity index (χ2v) is 9.06. The minimum atomic E-state index is -1.32. The zero-order valence-corrected chi connectivity index (χ0v) is 16.6. The van der Waals surface area contributed by atoms with Gasteiger partial charge in [0.2, 0.25) is 5.43 Å². The molecular formula is C21H25FN4O3. The number of halogens is 1. The van der Waals surface area contributed by atoms with Crippen molar-refractivity contribution >= 4 is 28.2 Å². The van der Waals surface area contributed by atoms with E-state index in [1.165, 1.54) is 6.20 Å². The van der Waals surface area contributed by atoms with Crippen molar-refractivity contribution in [2.75, 3.05) is 37.8 Å². The monoisotopic (exact) mass is 400 g/mol. The first-order valence-electron chi connectivity index (χ1n) is 10.0. The maximum atomic E-state index is 15.4. The maximum absolute atomic E-state index is 15.4. The highest BCUT2D eigenvalue weighted by Crippen LogP contribution is 2.55. The van der Waals surface area contributed by atoms with Crippen molar-refractivity contribution in [3.8, 4) is 0 Å². The van der Waals surface area contributed by atoms with E-state index in [1.807, 2.05) is 4.90 Å². The number of anilines is 2. The maximum Gasteiger partial charge on any atom is 0.341 e. The Hall–Kier alpha value is -2.61. The van der Waals surface area contributed by atoms with E-state index in [1.54, 1.807) is 10.6 Å². The van der Waals surface area contributed by atoms with Crippen LogP contribution in [0.4, 0.5) is 15.8 Å². The first-order valence-corrected chi connectivity index (χ1v) is 10.0. The summed E-state index contributed by atoms with van der Waals surface area (Å²) in [5.74, 6) is -1.95. The van der Waals surface area contributed by atoms with Crippen molar-refractivity contribution in [2.24, 2.45) is 5.41 Å². The Morgan fingerprint density at radius 3 is 2.55 bits per heavy atom. The van der Waals surface area contributed by atoms with Crippen molar-refractivity contribution in [1.29, 1.82) is 0 Å². The fraction of sp³-hybridized carbons (Fsp3) is 0.524. The number of hydrogen-bond acceptors (Lipinski definition) is 5. The molecule has 3 N–H and O–H groups in total. The lowest BCUT2D eigenvalue weighted by atomic mass is 10.0. The molecule has 0 amide bonds. The van der Waals surface area contributed by atoms with Gasteiger partial charge in [-0.1, -0.05) is 0 Å². The number of nitrogens with two attached hydrogens (primary N) is 1. The molecule has 0 bridgehead atoms. The van der Waals surface area contributed by atoms with Crippen LogP contribution in [0, 0.1) is 11.2 Å². The Kier molecular flexibility index (Phi) is 3.78. The minimum Gasteiger partial charge on any atom is -0.477 e. The topological polar surface area (TPSA) is 91.8 Å². The summed E-state index contributed by atoms with van der Waals surface area (Å²) < 4.78 is 17.2. The highest BCUT2D eigenvalue weighted by molar-refractivity contribution is 5.99. The zero-order valence-electron chi connectivity index (χ0n) is 16.6. The summed E-state index contributed by atoms with van der Waals surface area (Å²) in [6.07, 6.45) is 5.46. The molecule has 7 nitrogen and oxygen atoms in total. The van der Waals surface area contributed by atoms with E-state index < -0.39 is 17.2 Å². The van der Waals surface area contributed by atoms with Crippen molar-refractivity contribution in [3.63, 3.8) is 0 Å². The van der Waals surface area contributed by atoms with Crippen LogP contribution in [0.15, 0.2) is 17.1 Å². The van der Waals surface area contributed by atoms with Crippen LogP contribution in [0.5, 0.6) is 0 Å². The normalized spacial score (nSPS) is 22.8. The number of hydrogen-bond donors (Lipinski definition) is 2. The van der Waals surface area contributed by atoms with Gasteiger partial charge >= 0.3 is 5.97 Å². The van der Waals surface area contributed by atoms with Crippen molar-refractivity contribution in [2.45, 2.75) is 37.8 Å². The lowest BCUT2D eigenvalue weighted by Crippen LogP contribution is -2.36. The fourth-order valence-corrected chi connectivity index (χ4v) is 5.03. The molecule has 2 aliphatic carbocycles. The Morgan fingerprint density at radius 2 is 2.03 bits per heavy atom. The van der Waals surface area contributed by atoms with Gasteiger partial charge in [0.15, 0.2) is 5.82 Å². The van der Waals surface area contributed by atoms with E-state index in [0.29, 0.717) is 23.8 Å². The summed E-state index contributed by atoms with van der Waals surface area (Å²) in [7, 11) is 4.11. The van der Waals surface area contributed by atoms with Gasteiger partial charge in [0.1, 0.15) is 5.56 Å². The van der Waals surface area contributed by atoms with Gasteiger partial charge in [0.05, 0.1) is 22.3 Å². The number of carboxylic acids is 1. The molecule has 1 aromatic heterocycles. The van der Waals surface area contributed by atoms with E-state index in [2.05, 4.69) is 19.0 Å². The third-order valence-corrected chi connectivity index (χ3v) is 6.91. The summed E-state index contributed by atoms with van der Waals surface area (Å²) in [5.41, 5.74) is 5.89. The second kappa shape index (κ2) is 5.95. The van der Waals surface area contributed by atoms with Gasteiger partial charge in [-0.05, 0) is 45.8 Å². The molecule has 29 heavy (non-hydrogen) atoms. The standard InChI is InChI=1S/C21H25FN4O3/c1-24(2)15-9-25(10-21(15)5-6-21)14-7-13-16(18(23)17(14)22)19(27)12(20(28)29)8-26(13)11-3-4-11/h7-8,11,15H,3-6,9-10,23H2,1-2H3,(H,28,29). The molecule has 1 spiro atoms. The Bertz CT molecular complexity index is 1100. The number of nitrogens with zero attached hydrogens (tertiary/aromatic N) is 3. The SMILES string of the molecule is CN(C)C1CN(c2cc3c(c(N)c2F)c(=O)c(C(=O)O)cn3C2CC2)CC12CC2. The third kappa shape index (κ3) is 2.65. The molecule has 154 valence electrons. The predicted molar refractivity (Wildman–Crippen MR) is 109 cm³/mol. The molecule has 2 aromatic rings. The number of benzene rings is 1. The zero-order chi connectivity index (χ0) is 20.7. The van der Waals surface area contributed by atoms with Crippen LogP contribution in [0.1, 0.15) is 42.1 Å². The summed E-state index contributed by atoms with van der Waals surface area (Å²) >= 11 is 0. The molecule has 2 saturated carbocycles. The average Bonchev–Trinajstić information content (AvgIpc) is 3.56. The van der Waals surface area contributed by atoms with Gasteiger partial charge in [-0.25, -0.2) is 9.18 Å². The highest BCUT2D eigenvalue weighted by Gasteiger charge is 2.56. The van der Waals surface area contributed by atoms with Gasteiger partial charge < -0.3 is 25.2 Å². The van der Waals surface area contributed by atoms with Crippen LogP contribution in [0.3, 0.4) is 0 Å². The van der Waals surface area contributed by atoms with Crippen molar-refractivity contribution in [1.82, 2.24) is 9.47 Å². The number of aromatic carboxylic acids is 1. The first-order chi connectivity index (χ1) is 13.7. The molecule has 1 aromatic carbocycles. The molecule has 1 aliphatic heterocycles.